The monoisotopic (exact) mass is 934 g/mol. The first-order valence-corrected chi connectivity index (χ1v) is 23.5. The molecule has 3 aliphatic heterocycles. The SMILES string of the molecule is CC[C@H]1OC(=O)[C@H](C)[C@@H](O[C@H]2C[C@@](C)(OC)[C@](O)(Cn3ccnc3)[C@H](C)O2)[C@H](C)[C@@H](O[C@@H]2O[C@H](C)C[C@H](N(C)C(=O)N(C)c3ccccc3)[C@H]2O)[C@](C)(O)C[C@@H](C)CN[C@H](C)[C@@H](O)[C@]1(C)O. The fourth-order valence-corrected chi connectivity index (χ4v) is 10.4. The second kappa shape index (κ2) is 21.6. The molecule has 66 heavy (non-hydrogen) atoms. The molecule has 0 spiro atoms. The summed E-state index contributed by atoms with van der Waals surface area (Å²) in [6.45, 7) is 17.6. The Morgan fingerprint density at radius 3 is 2.26 bits per heavy atom. The Kier molecular flexibility index (Phi) is 17.5. The van der Waals surface area contributed by atoms with Gasteiger partial charge in [-0.1, -0.05) is 39.0 Å². The second-order valence-corrected chi connectivity index (χ2v) is 20.1. The molecule has 1 aromatic carbocycles. The number of hydrogen-bond donors (Lipinski definition) is 6. The summed E-state index contributed by atoms with van der Waals surface area (Å²) in [5.41, 5.74) is -5.72. The molecule has 1 aromatic heterocycles. The van der Waals surface area contributed by atoms with Crippen molar-refractivity contribution in [3.05, 3.63) is 49.1 Å². The summed E-state index contributed by atoms with van der Waals surface area (Å²) < 4.78 is 40.4. The van der Waals surface area contributed by atoms with E-state index >= 15 is 0 Å². The Bertz CT molecular complexity index is 1860. The van der Waals surface area contributed by atoms with E-state index in [4.69, 9.17) is 28.4 Å². The van der Waals surface area contributed by atoms with Gasteiger partial charge >= 0.3 is 12.0 Å². The summed E-state index contributed by atoms with van der Waals surface area (Å²) >= 11 is 0. The fraction of sp³-hybridized carbons (Fsp3) is 0.771. The van der Waals surface area contributed by atoms with Crippen LogP contribution in [0.25, 0.3) is 0 Å². The van der Waals surface area contributed by atoms with E-state index in [1.54, 1.807) is 85.8 Å². The van der Waals surface area contributed by atoms with E-state index in [0.29, 0.717) is 12.2 Å². The van der Waals surface area contributed by atoms with Crippen molar-refractivity contribution in [2.75, 3.05) is 32.6 Å². The molecule has 0 radical (unpaired) electrons. The van der Waals surface area contributed by atoms with E-state index < -0.39 is 108 Å². The summed E-state index contributed by atoms with van der Waals surface area (Å²) in [5, 5.41) is 63.8. The Balaban J connectivity index is 1.55. The normalized spacial score (nSPS) is 42.1. The molecule has 3 aliphatic rings. The number of rotatable bonds is 10. The molecule has 6 N–H and O–H groups in total. The van der Waals surface area contributed by atoms with Crippen molar-refractivity contribution >= 4 is 17.7 Å². The van der Waals surface area contributed by atoms with E-state index in [1.165, 1.54) is 23.8 Å². The maximum atomic E-state index is 14.5. The maximum Gasteiger partial charge on any atom is 0.324 e. The average molecular weight is 934 g/mol. The third kappa shape index (κ3) is 11.4. The van der Waals surface area contributed by atoms with E-state index in [1.807, 2.05) is 44.2 Å². The van der Waals surface area contributed by atoms with Crippen LogP contribution in [0, 0.1) is 17.8 Å². The van der Waals surface area contributed by atoms with Crippen molar-refractivity contribution in [3.8, 4) is 0 Å². The number of cyclic esters (lactones) is 1. The number of esters is 1. The minimum absolute atomic E-state index is 0.00641. The number of benzene rings is 1. The van der Waals surface area contributed by atoms with Gasteiger partial charge in [-0.3, -0.25) is 9.69 Å². The summed E-state index contributed by atoms with van der Waals surface area (Å²) in [6, 6.07) is 7.38. The topological polar surface area (TPSA) is 227 Å². The largest absolute Gasteiger partial charge is 0.459 e. The van der Waals surface area contributed by atoms with Crippen LogP contribution >= 0.6 is 0 Å². The van der Waals surface area contributed by atoms with Gasteiger partial charge in [-0.25, -0.2) is 9.78 Å². The number of para-hydroxylation sites is 1. The number of imidazole rings is 1. The Hall–Kier alpha value is -3.27. The predicted molar refractivity (Wildman–Crippen MR) is 245 cm³/mol. The lowest BCUT2D eigenvalue weighted by atomic mass is 9.75. The molecule has 4 heterocycles. The second-order valence-electron chi connectivity index (χ2n) is 20.1. The number of amides is 2. The van der Waals surface area contributed by atoms with Gasteiger partial charge in [0.05, 0.1) is 54.8 Å². The molecule has 3 fully saturated rings. The molecule has 0 aliphatic carbocycles. The third-order valence-electron chi connectivity index (χ3n) is 14.7. The van der Waals surface area contributed by atoms with Gasteiger partial charge in [-0.15, -0.1) is 0 Å². The lowest BCUT2D eigenvalue weighted by molar-refractivity contribution is -0.339. The van der Waals surface area contributed by atoms with Crippen LogP contribution in [-0.4, -0.2) is 170 Å². The number of aliphatic hydroxyl groups excluding tert-OH is 2. The number of aliphatic hydroxyl groups is 5. The number of methoxy groups -OCH3 is 1. The van der Waals surface area contributed by atoms with Gasteiger partial charge in [0.1, 0.15) is 35.1 Å². The highest BCUT2D eigenvalue weighted by Gasteiger charge is 2.59. The van der Waals surface area contributed by atoms with Crippen LogP contribution in [0.1, 0.15) is 94.9 Å². The van der Waals surface area contributed by atoms with E-state index in [9.17, 15) is 35.1 Å². The zero-order chi connectivity index (χ0) is 49.1. The number of likely N-dealkylation sites (N-methyl/N-ethyl adjacent to an activating group) is 1. The zero-order valence-corrected chi connectivity index (χ0v) is 41.2. The number of urea groups is 1. The number of anilines is 1. The fourth-order valence-electron chi connectivity index (χ4n) is 10.4. The number of ether oxygens (including phenoxy) is 6. The molecule has 2 aromatic rings. The Labute approximate surface area is 390 Å². The predicted octanol–water partition coefficient (Wildman–Crippen LogP) is 3.45. The van der Waals surface area contributed by atoms with Crippen LogP contribution in [0.3, 0.4) is 0 Å². The molecule has 0 bridgehead atoms. The summed E-state index contributed by atoms with van der Waals surface area (Å²) in [5.74, 6) is -3.03. The number of carbonyl (C=O) groups excluding carboxylic acids is 2. The first-order valence-electron chi connectivity index (χ1n) is 23.5. The van der Waals surface area contributed by atoms with Crippen molar-refractivity contribution < 1.29 is 63.5 Å². The molecule has 0 saturated carbocycles. The average Bonchev–Trinajstić information content (AvgIpc) is 3.79. The number of hydrogen-bond acceptors (Lipinski definition) is 15. The zero-order valence-electron chi connectivity index (χ0n) is 41.2. The van der Waals surface area contributed by atoms with Gasteiger partial charge in [-0.05, 0) is 92.3 Å². The number of nitrogens with zero attached hydrogens (tertiary/aromatic N) is 4. The standard InChI is InChI=1S/C48H79N5O13/c1-14-36-47(10,59)40(55)32(6)50-25-28(2)23-45(8,58)41(66-43-38(54)35(22-29(3)62-43)52(12)44(57)51(11)34-18-16-15-17-19-34)30(4)39(31(5)42(56)64-36)65-37-24-46(9,61-13)48(60,33(7)63-37)26-53-21-20-49-27-53/h15-21,27-33,35-41,43,50,54-55,58-60H,14,22-26H2,1-13H3/t28-,29-,30+,31-,32-,33+,35+,36-,37+,38-,39+,40-,41-,43+,45-,46-,47-,48+/m1/s1. The number of carbonyl (C=O) groups is 2. The maximum absolute atomic E-state index is 14.5. The van der Waals surface area contributed by atoms with Crippen LogP contribution in [0.5, 0.6) is 0 Å². The Morgan fingerprint density at radius 1 is 0.985 bits per heavy atom. The quantitative estimate of drug-likeness (QED) is 0.188. The van der Waals surface area contributed by atoms with Crippen LogP contribution in [0.15, 0.2) is 49.1 Å². The number of aromatic nitrogens is 2. The lowest BCUT2D eigenvalue weighted by Crippen LogP contribution is -2.68. The highest BCUT2D eigenvalue weighted by molar-refractivity contribution is 5.91. The molecular weight excluding hydrogens is 855 g/mol. The molecule has 18 nitrogen and oxygen atoms in total. The van der Waals surface area contributed by atoms with Crippen molar-refractivity contribution in [3.63, 3.8) is 0 Å². The number of nitrogens with one attached hydrogen (secondary N) is 1. The molecule has 0 unspecified atom stereocenters. The van der Waals surface area contributed by atoms with E-state index in [0.717, 1.165) is 0 Å². The first kappa shape index (κ1) is 53.7. The highest BCUT2D eigenvalue weighted by Crippen LogP contribution is 2.44. The molecule has 18 atom stereocenters. The van der Waals surface area contributed by atoms with E-state index in [2.05, 4.69) is 10.3 Å². The van der Waals surface area contributed by atoms with Gasteiger partial charge < -0.3 is 68.7 Å². The first-order chi connectivity index (χ1) is 30.8. The van der Waals surface area contributed by atoms with Crippen molar-refractivity contribution in [2.45, 2.75) is 191 Å². The minimum Gasteiger partial charge on any atom is -0.459 e. The third-order valence-corrected chi connectivity index (χ3v) is 14.7. The molecule has 2 amide bonds. The highest BCUT2D eigenvalue weighted by atomic mass is 16.7. The summed E-state index contributed by atoms with van der Waals surface area (Å²) in [6.07, 6.45) is -4.53. The van der Waals surface area contributed by atoms with Crippen molar-refractivity contribution in [1.82, 2.24) is 19.8 Å². The van der Waals surface area contributed by atoms with Crippen LogP contribution in [0.2, 0.25) is 0 Å². The summed E-state index contributed by atoms with van der Waals surface area (Å²) in [7, 11) is 4.78. The van der Waals surface area contributed by atoms with Gasteiger partial charge in [0.25, 0.3) is 0 Å². The van der Waals surface area contributed by atoms with Gasteiger partial charge in [0.15, 0.2) is 12.6 Å². The molecule has 5 rings (SSSR count). The lowest BCUT2D eigenvalue weighted by Gasteiger charge is -2.53. The van der Waals surface area contributed by atoms with Crippen molar-refractivity contribution in [1.29, 1.82) is 0 Å². The van der Waals surface area contributed by atoms with Gasteiger partial charge in [0.2, 0.25) is 0 Å². The molecular formula is C48H79N5O13. The van der Waals surface area contributed by atoms with Crippen molar-refractivity contribution in [2.24, 2.45) is 17.8 Å². The molecule has 18 heteroatoms. The van der Waals surface area contributed by atoms with E-state index in [-0.39, 0.29) is 44.2 Å². The minimum atomic E-state index is -1.87. The van der Waals surface area contributed by atoms with Gasteiger partial charge in [0, 0.05) is 57.7 Å². The smallest absolute Gasteiger partial charge is 0.324 e. The summed E-state index contributed by atoms with van der Waals surface area (Å²) in [4.78, 5) is 35.5. The Morgan fingerprint density at radius 2 is 1.65 bits per heavy atom. The molecule has 374 valence electrons. The van der Waals surface area contributed by atoms with Gasteiger partial charge in [-0.2, -0.15) is 0 Å². The van der Waals surface area contributed by atoms with Crippen LogP contribution in [-0.2, 0) is 39.8 Å². The van der Waals surface area contributed by atoms with Crippen LogP contribution < -0.4 is 10.2 Å². The molecule has 3 saturated heterocycles. The van der Waals surface area contributed by atoms with Crippen LogP contribution in [0.4, 0.5) is 10.5 Å².